The summed E-state index contributed by atoms with van der Waals surface area (Å²) in [6.07, 6.45) is 1.96. The maximum Gasteiger partial charge on any atom is 0.264 e. The molecule has 4 aromatic rings. The topological polar surface area (TPSA) is 87.6 Å². The number of carbonyl (C=O) groups excluding carboxylic acids is 1. The van der Waals surface area contributed by atoms with E-state index in [2.05, 4.69) is 20.5 Å². The van der Waals surface area contributed by atoms with Crippen LogP contribution in [0.15, 0.2) is 42.5 Å². The molecular weight excluding hydrogens is 503 g/mol. The Balaban J connectivity index is 1.58. The summed E-state index contributed by atoms with van der Waals surface area (Å²) in [6.45, 7) is 12.2. The number of hydrogen-bond donors (Lipinski definition) is 2. The van der Waals surface area contributed by atoms with Crippen molar-refractivity contribution in [3.63, 3.8) is 0 Å². The molecule has 196 valence electrons. The molecule has 3 heterocycles. The fourth-order valence-corrected chi connectivity index (χ4v) is 5.98. The van der Waals surface area contributed by atoms with Gasteiger partial charge in [-0.15, -0.1) is 16.4 Å². The van der Waals surface area contributed by atoms with Gasteiger partial charge in [0.15, 0.2) is 0 Å². The number of nitrogens with one attached hydrogen (secondary N) is 1. The molecule has 0 spiro atoms. The third kappa shape index (κ3) is 5.18. The van der Waals surface area contributed by atoms with Gasteiger partial charge in [0.05, 0.1) is 29.1 Å². The first-order chi connectivity index (χ1) is 18.2. The molecule has 0 radical (unpaired) electrons. The number of aromatic nitrogens is 3. The van der Waals surface area contributed by atoms with Crippen molar-refractivity contribution in [3.8, 4) is 21.6 Å². The minimum absolute atomic E-state index is 0.0434. The normalized spacial score (nSPS) is 16.1. The van der Waals surface area contributed by atoms with Crippen LogP contribution in [0.2, 0.25) is 0 Å². The molecule has 0 bridgehead atoms. The summed E-state index contributed by atoms with van der Waals surface area (Å²) in [6, 6.07) is 12.3. The van der Waals surface area contributed by atoms with Crippen molar-refractivity contribution in [2.75, 3.05) is 20.1 Å². The molecule has 38 heavy (non-hydrogen) atoms. The number of rotatable bonds is 6. The molecule has 10 heteroatoms. The van der Waals surface area contributed by atoms with Gasteiger partial charge < -0.3 is 15.3 Å². The minimum Gasteiger partial charge on any atom is -0.389 e. The SMILES string of the molecule is [C-]#[N+]c1ccc(-c2cc(C(=O)N3CCC[C@@H](NC)C3)sc2-c2ccc3c(c2)nnn3CC(C)(C)O)cc1F. The Morgan fingerprint density at radius 1 is 1.26 bits per heavy atom. The first kappa shape index (κ1) is 26.0. The Hall–Kier alpha value is -3.65. The lowest BCUT2D eigenvalue weighted by molar-refractivity contribution is 0.0584. The van der Waals surface area contributed by atoms with Crippen molar-refractivity contribution in [2.45, 2.75) is 44.9 Å². The van der Waals surface area contributed by atoms with Crippen LogP contribution in [0.1, 0.15) is 36.4 Å². The molecule has 1 fully saturated rings. The zero-order valence-electron chi connectivity index (χ0n) is 21.5. The minimum atomic E-state index is -0.947. The van der Waals surface area contributed by atoms with Gasteiger partial charge in [0.25, 0.3) is 5.91 Å². The monoisotopic (exact) mass is 532 g/mol. The number of likely N-dealkylation sites (N-methyl/N-ethyl adjacent to an activating group) is 1. The van der Waals surface area contributed by atoms with E-state index in [4.69, 9.17) is 6.57 Å². The van der Waals surface area contributed by atoms with Crippen LogP contribution in [0.4, 0.5) is 10.1 Å². The first-order valence-electron chi connectivity index (χ1n) is 12.5. The van der Waals surface area contributed by atoms with E-state index >= 15 is 0 Å². The molecule has 2 aromatic carbocycles. The van der Waals surface area contributed by atoms with Gasteiger partial charge in [-0.1, -0.05) is 23.4 Å². The number of nitrogens with zero attached hydrogens (tertiary/aromatic N) is 5. The molecule has 0 unspecified atom stereocenters. The van der Waals surface area contributed by atoms with Crippen molar-refractivity contribution in [3.05, 3.63) is 64.6 Å². The molecule has 1 aliphatic rings. The standard InChI is InChI=1S/C28H29FN6O2S/c1-28(2,37)16-35-24-10-8-18(13-23(24)32-33-35)26-20(17-7-9-22(31-4)21(29)12-17)14-25(38-26)27(36)34-11-5-6-19(15-34)30-3/h7-10,12-14,19,30,37H,5-6,11,15-16H2,1-3H3/t19-/m1/s1. The van der Waals surface area contributed by atoms with Crippen LogP contribution in [0.3, 0.4) is 0 Å². The van der Waals surface area contributed by atoms with E-state index in [1.165, 1.54) is 23.5 Å². The largest absolute Gasteiger partial charge is 0.389 e. The van der Waals surface area contributed by atoms with E-state index in [9.17, 15) is 14.3 Å². The molecule has 1 aliphatic heterocycles. The van der Waals surface area contributed by atoms with E-state index in [-0.39, 0.29) is 17.6 Å². The van der Waals surface area contributed by atoms with Crippen LogP contribution in [0.5, 0.6) is 0 Å². The zero-order valence-corrected chi connectivity index (χ0v) is 22.3. The van der Waals surface area contributed by atoms with Gasteiger partial charge in [-0.2, -0.15) is 0 Å². The van der Waals surface area contributed by atoms with Crippen molar-refractivity contribution in [2.24, 2.45) is 0 Å². The zero-order chi connectivity index (χ0) is 27.0. The van der Waals surface area contributed by atoms with Gasteiger partial charge in [0, 0.05) is 29.6 Å². The Bertz CT molecular complexity index is 1550. The van der Waals surface area contributed by atoms with Gasteiger partial charge in [-0.25, -0.2) is 13.9 Å². The molecule has 2 N–H and O–H groups in total. The molecule has 0 saturated carbocycles. The number of carbonyl (C=O) groups is 1. The average Bonchev–Trinajstić information content (AvgIpc) is 3.52. The quantitative estimate of drug-likeness (QED) is 0.337. The van der Waals surface area contributed by atoms with E-state index in [0.717, 1.165) is 34.4 Å². The number of aliphatic hydroxyl groups is 1. The number of hydrogen-bond acceptors (Lipinski definition) is 6. The third-order valence-corrected chi connectivity index (χ3v) is 7.92. The molecule has 1 saturated heterocycles. The number of halogens is 1. The second-order valence-corrected chi connectivity index (χ2v) is 11.3. The second kappa shape index (κ2) is 10.3. The lowest BCUT2D eigenvalue weighted by Gasteiger charge is -2.32. The molecule has 5 rings (SSSR count). The summed E-state index contributed by atoms with van der Waals surface area (Å²) < 4.78 is 16.3. The number of fused-ring (bicyclic) bond motifs is 1. The highest BCUT2D eigenvalue weighted by atomic mass is 32.1. The highest BCUT2D eigenvalue weighted by molar-refractivity contribution is 7.18. The summed E-state index contributed by atoms with van der Waals surface area (Å²) in [5, 5.41) is 22.0. The second-order valence-electron chi connectivity index (χ2n) is 10.3. The maximum absolute atomic E-state index is 14.6. The number of piperidine rings is 1. The number of benzene rings is 2. The number of thiophene rings is 1. The highest BCUT2D eigenvalue weighted by Gasteiger charge is 2.27. The van der Waals surface area contributed by atoms with Gasteiger partial charge in [-0.3, -0.25) is 4.79 Å². The van der Waals surface area contributed by atoms with Gasteiger partial charge in [0.1, 0.15) is 11.3 Å². The summed E-state index contributed by atoms with van der Waals surface area (Å²) in [4.78, 5) is 20.0. The molecule has 1 amide bonds. The predicted molar refractivity (Wildman–Crippen MR) is 147 cm³/mol. The highest BCUT2D eigenvalue weighted by Crippen LogP contribution is 2.41. The molecule has 1 atom stereocenters. The Labute approximate surface area is 224 Å². The van der Waals surface area contributed by atoms with E-state index in [1.54, 1.807) is 24.6 Å². The summed E-state index contributed by atoms with van der Waals surface area (Å²) in [7, 11) is 1.91. The predicted octanol–water partition coefficient (Wildman–Crippen LogP) is 5.11. The van der Waals surface area contributed by atoms with E-state index < -0.39 is 11.4 Å². The van der Waals surface area contributed by atoms with Crippen molar-refractivity contribution in [1.82, 2.24) is 25.2 Å². The van der Waals surface area contributed by atoms with Crippen molar-refractivity contribution < 1.29 is 14.3 Å². The summed E-state index contributed by atoms with van der Waals surface area (Å²) in [5.41, 5.74) is 2.59. The van der Waals surface area contributed by atoms with Crippen molar-refractivity contribution in [1.29, 1.82) is 0 Å². The fraction of sp³-hybridized carbons (Fsp3) is 0.357. The molecule has 0 aliphatic carbocycles. The molecular formula is C28H29FN6O2S. The Kier molecular flexibility index (Phi) is 7.01. The van der Waals surface area contributed by atoms with Crippen LogP contribution >= 0.6 is 11.3 Å². The Morgan fingerprint density at radius 3 is 2.76 bits per heavy atom. The van der Waals surface area contributed by atoms with Gasteiger partial charge in [-0.05, 0) is 69.1 Å². The third-order valence-electron chi connectivity index (χ3n) is 6.75. The van der Waals surface area contributed by atoms with E-state index in [1.807, 2.05) is 36.2 Å². The average molecular weight is 533 g/mol. The molecule has 2 aromatic heterocycles. The van der Waals surface area contributed by atoms with Gasteiger partial charge >= 0.3 is 0 Å². The number of amides is 1. The van der Waals surface area contributed by atoms with Crippen LogP contribution in [-0.4, -0.2) is 62.7 Å². The first-order valence-corrected chi connectivity index (χ1v) is 13.3. The van der Waals surface area contributed by atoms with E-state index in [0.29, 0.717) is 35.6 Å². The van der Waals surface area contributed by atoms with Crippen LogP contribution < -0.4 is 5.32 Å². The Morgan fingerprint density at radius 2 is 2.05 bits per heavy atom. The summed E-state index contributed by atoms with van der Waals surface area (Å²) in [5.74, 6) is -0.640. The maximum atomic E-state index is 14.6. The molecule has 8 nitrogen and oxygen atoms in total. The lowest BCUT2D eigenvalue weighted by Crippen LogP contribution is -2.46. The van der Waals surface area contributed by atoms with Crippen LogP contribution in [0, 0.1) is 12.4 Å². The number of likely N-dealkylation sites (tertiary alicyclic amines) is 1. The van der Waals surface area contributed by atoms with Crippen molar-refractivity contribution >= 4 is 34.0 Å². The smallest absolute Gasteiger partial charge is 0.264 e. The van der Waals surface area contributed by atoms with Gasteiger partial charge in [0.2, 0.25) is 5.69 Å². The summed E-state index contributed by atoms with van der Waals surface area (Å²) >= 11 is 1.37. The van der Waals surface area contributed by atoms with Crippen LogP contribution in [-0.2, 0) is 6.54 Å². The fourth-order valence-electron chi connectivity index (χ4n) is 4.84. The lowest BCUT2D eigenvalue weighted by atomic mass is 10.0. The van der Waals surface area contributed by atoms with Crippen LogP contribution in [0.25, 0.3) is 37.4 Å².